The van der Waals surface area contributed by atoms with E-state index in [1.54, 1.807) is 0 Å². The molecule has 1 aliphatic rings. The minimum Gasteiger partial charge on any atom is -0.490 e. The Morgan fingerprint density at radius 2 is 1.86 bits per heavy atom. The molecule has 0 fully saturated rings. The van der Waals surface area contributed by atoms with Gasteiger partial charge in [-0.25, -0.2) is 0 Å². The zero-order valence-electron chi connectivity index (χ0n) is 10.9. The summed E-state index contributed by atoms with van der Waals surface area (Å²) in [5.74, 6) is -1.13. The van der Waals surface area contributed by atoms with E-state index in [1.165, 1.54) is 0 Å². The third kappa shape index (κ3) is 3.57. The number of carboxylic acids is 1. The normalized spacial score (nSPS) is 16.2. The minimum atomic E-state index is -4.66. The molecule has 8 heteroatoms. The Balaban J connectivity index is 2.50. The van der Waals surface area contributed by atoms with Crippen molar-refractivity contribution in [1.82, 2.24) is 0 Å². The highest BCUT2D eigenvalue weighted by molar-refractivity contribution is 5.68. The van der Waals surface area contributed by atoms with Gasteiger partial charge in [0.15, 0.2) is 11.5 Å². The van der Waals surface area contributed by atoms with Crippen LogP contribution in [-0.4, -0.2) is 24.3 Å². The van der Waals surface area contributed by atoms with Gasteiger partial charge >= 0.3 is 12.1 Å². The number of carboxylic acid groups (broad SMARTS) is 1. The van der Waals surface area contributed by atoms with E-state index >= 15 is 0 Å². The van der Waals surface area contributed by atoms with Gasteiger partial charge in [-0.15, -0.1) is 0 Å². The highest BCUT2D eigenvalue weighted by Gasteiger charge is 2.37. The Hall–Kier alpha value is -1.96. The molecule has 2 rings (SSSR count). The van der Waals surface area contributed by atoms with E-state index in [1.807, 2.05) is 0 Å². The van der Waals surface area contributed by atoms with Gasteiger partial charge in [-0.2, -0.15) is 13.2 Å². The van der Waals surface area contributed by atoms with Crippen LogP contribution in [0.3, 0.4) is 0 Å². The molecule has 0 spiro atoms. The molecule has 3 N–H and O–H groups in total. The van der Waals surface area contributed by atoms with E-state index in [0.717, 1.165) is 12.1 Å². The van der Waals surface area contributed by atoms with E-state index in [-0.39, 0.29) is 23.7 Å². The molecule has 116 valence electrons. The van der Waals surface area contributed by atoms with Gasteiger partial charge in [0.05, 0.1) is 25.2 Å². The van der Waals surface area contributed by atoms with E-state index in [9.17, 15) is 18.0 Å². The zero-order valence-corrected chi connectivity index (χ0v) is 10.9. The number of aliphatic carboxylic acids is 1. The van der Waals surface area contributed by atoms with Crippen molar-refractivity contribution in [2.75, 3.05) is 13.2 Å². The maximum Gasteiger partial charge on any atom is 0.416 e. The summed E-state index contributed by atoms with van der Waals surface area (Å²) in [6.07, 6.45) is -4.72. The average molecular weight is 305 g/mol. The fourth-order valence-corrected chi connectivity index (χ4v) is 2.07. The van der Waals surface area contributed by atoms with Crippen molar-refractivity contribution in [2.45, 2.75) is 25.1 Å². The lowest BCUT2D eigenvalue weighted by Gasteiger charge is -2.20. The number of carbonyl (C=O) groups is 1. The summed E-state index contributed by atoms with van der Waals surface area (Å²) in [6.45, 7) is 0.566. The van der Waals surface area contributed by atoms with Gasteiger partial charge in [-0.1, -0.05) is 0 Å². The number of hydrogen-bond donors (Lipinski definition) is 2. The van der Waals surface area contributed by atoms with Crippen LogP contribution in [0.15, 0.2) is 12.1 Å². The maximum atomic E-state index is 13.1. The molecule has 0 aromatic heterocycles. The van der Waals surface area contributed by atoms with Gasteiger partial charge < -0.3 is 20.3 Å². The van der Waals surface area contributed by atoms with Gasteiger partial charge in [0.25, 0.3) is 0 Å². The molecule has 1 aromatic carbocycles. The standard InChI is InChI=1S/C13H14F3NO4/c14-13(15,16)8-5-11-10(20-2-1-3-21-11)4-7(8)9(17)6-12(18)19/h4-5,9H,1-3,6,17H2,(H,18,19). The van der Waals surface area contributed by atoms with Crippen LogP contribution in [0.1, 0.15) is 30.0 Å². The van der Waals surface area contributed by atoms with Crippen LogP contribution in [0.5, 0.6) is 11.5 Å². The second-order valence-corrected chi connectivity index (χ2v) is 4.64. The minimum absolute atomic E-state index is 0.00824. The number of nitrogens with two attached hydrogens (primary N) is 1. The van der Waals surface area contributed by atoms with Gasteiger partial charge in [0.2, 0.25) is 0 Å². The fourth-order valence-electron chi connectivity index (χ4n) is 2.07. The van der Waals surface area contributed by atoms with Crippen LogP contribution in [0.25, 0.3) is 0 Å². The number of alkyl halides is 3. The smallest absolute Gasteiger partial charge is 0.416 e. The zero-order chi connectivity index (χ0) is 15.6. The summed E-state index contributed by atoms with van der Waals surface area (Å²) in [5, 5.41) is 8.71. The Labute approximate surface area is 118 Å². The molecule has 0 radical (unpaired) electrons. The topological polar surface area (TPSA) is 81.8 Å². The van der Waals surface area contributed by atoms with Gasteiger partial charge in [-0.3, -0.25) is 4.79 Å². The largest absolute Gasteiger partial charge is 0.490 e. The van der Waals surface area contributed by atoms with Crippen molar-refractivity contribution in [3.63, 3.8) is 0 Å². The molecule has 0 saturated carbocycles. The molecular weight excluding hydrogens is 291 g/mol. The third-order valence-corrected chi connectivity index (χ3v) is 3.02. The van der Waals surface area contributed by atoms with E-state index < -0.39 is 30.2 Å². The Bertz CT molecular complexity index is 545. The summed E-state index contributed by atoms with van der Waals surface area (Å²) in [5.41, 5.74) is 4.28. The molecule has 1 aliphatic heterocycles. The van der Waals surface area contributed by atoms with E-state index in [0.29, 0.717) is 13.0 Å². The monoisotopic (exact) mass is 305 g/mol. The molecular formula is C13H14F3NO4. The SMILES string of the molecule is NC(CC(=O)O)c1cc2c(cc1C(F)(F)F)OCCCO2. The van der Waals surface area contributed by atoms with Crippen molar-refractivity contribution >= 4 is 5.97 Å². The first-order valence-electron chi connectivity index (χ1n) is 6.27. The molecule has 0 saturated heterocycles. The number of benzene rings is 1. The number of hydrogen-bond acceptors (Lipinski definition) is 4. The van der Waals surface area contributed by atoms with Gasteiger partial charge in [-0.05, 0) is 17.7 Å². The molecule has 1 unspecified atom stereocenters. The lowest BCUT2D eigenvalue weighted by atomic mass is 9.97. The first-order valence-corrected chi connectivity index (χ1v) is 6.27. The third-order valence-electron chi connectivity index (χ3n) is 3.02. The molecule has 0 aliphatic carbocycles. The molecule has 1 atom stereocenters. The highest BCUT2D eigenvalue weighted by atomic mass is 19.4. The molecule has 1 heterocycles. The molecule has 0 bridgehead atoms. The molecule has 0 amide bonds. The van der Waals surface area contributed by atoms with Gasteiger partial charge in [0.1, 0.15) is 0 Å². The summed E-state index contributed by atoms with van der Waals surface area (Å²) < 4.78 is 49.9. The van der Waals surface area contributed by atoms with Crippen molar-refractivity contribution < 1.29 is 32.5 Å². The Kier molecular flexibility index (Phi) is 4.26. The van der Waals surface area contributed by atoms with E-state index in [4.69, 9.17) is 20.3 Å². The van der Waals surface area contributed by atoms with Crippen molar-refractivity contribution in [3.8, 4) is 11.5 Å². The average Bonchev–Trinajstić information content (AvgIpc) is 2.59. The second kappa shape index (κ2) is 5.80. The predicted molar refractivity (Wildman–Crippen MR) is 66.2 cm³/mol. The second-order valence-electron chi connectivity index (χ2n) is 4.64. The van der Waals surface area contributed by atoms with Gasteiger partial charge in [0, 0.05) is 12.5 Å². The highest BCUT2D eigenvalue weighted by Crippen LogP contribution is 2.42. The summed E-state index contributed by atoms with van der Waals surface area (Å²) >= 11 is 0. The van der Waals surface area contributed by atoms with Crippen LogP contribution < -0.4 is 15.2 Å². The number of ether oxygens (including phenoxy) is 2. The first kappa shape index (κ1) is 15.4. The predicted octanol–water partition coefficient (Wildman–Crippen LogP) is 2.34. The summed E-state index contributed by atoms with van der Waals surface area (Å²) in [7, 11) is 0. The number of fused-ring (bicyclic) bond motifs is 1. The van der Waals surface area contributed by atoms with Crippen LogP contribution in [0, 0.1) is 0 Å². The van der Waals surface area contributed by atoms with Crippen molar-refractivity contribution in [3.05, 3.63) is 23.3 Å². The van der Waals surface area contributed by atoms with Crippen LogP contribution in [-0.2, 0) is 11.0 Å². The maximum absolute atomic E-state index is 13.1. The number of halogens is 3. The summed E-state index contributed by atoms with van der Waals surface area (Å²) in [6, 6.07) is 0.658. The molecule has 5 nitrogen and oxygen atoms in total. The molecule has 1 aromatic rings. The Morgan fingerprint density at radius 3 is 2.38 bits per heavy atom. The lowest BCUT2D eigenvalue weighted by molar-refractivity contribution is -0.140. The van der Waals surface area contributed by atoms with Crippen LogP contribution >= 0.6 is 0 Å². The van der Waals surface area contributed by atoms with E-state index in [2.05, 4.69) is 0 Å². The Morgan fingerprint density at radius 1 is 1.29 bits per heavy atom. The van der Waals surface area contributed by atoms with Crippen LogP contribution in [0.4, 0.5) is 13.2 Å². The lowest BCUT2D eigenvalue weighted by Crippen LogP contribution is -2.20. The summed E-state index contributed by atoms with van der Waals surface area (Å²) in [4.78, 5) is 10.7. The first-order chi connectivity index (χ1) is 9.79. The number of rotatable bonds is 3. The van der Waals surface area contributed by atoms with Crippen molar-refractivity contribution in [1.29, 1.82) is 0 Å². The van der Waals surface area contributed by atoms with Crippen LogP contribution in [0.2, 0.25) is 0 Å². The van der Waals surface area contributed by atoms with Crippen molar-refractivity contribution in [2.24, 2.45) is 5.73 Å². The quantitative estimate of drug-likeness (QED) is 0.895. The fraction of sp³-hybridized carbons (Fsp3) is 0.462. The molecule has 21 heavy (non-hydrogen) atoms.